The largest absolute Gasteiger partial charge is 0.435 e. The number of aromatic nitrogens is 1. The molecule has 146 valence electrons. The summed E-state index contributed by atoms with van der Waals surface area (Å²) in [6.45, 7) is 6.01. The van der Waals surface area contributed by atoms with Crippen LogP contribution in [0.25, 0.3) is 22.2 Å². The second kappa shape index (κ2) is 7.47. The summed E-state index contributed by atoms with van der Waals surface area (Å²) in [5.74, 6) is 0.518. The Kier molecular flexibility index (Phi) is 4.85. The number of benzene rings is 3. The monoisotopic (exact) mass is 384 g/mol. The molecule has 0 fully saturated rings. The number of rotatable bonds is 3. The summed E-state index contributed by atoms with van der Waals surface area (Å²) >= 11 is 0. The molecule has 4 nitrogen and oxygen atoms in total. The average Bonchev–Trinajstić information content (AvgIpc) is 3.08. The molecule has 0 saturated heterocycles. The number of para-hydroxylation sites is 2. The number of amides is 1. The zero-order valence-electron chi connectivity index (χ0n) is 16.9. The first-order chi connectivity index (χ1) is 13.9. The first-order valence-corrected chi connectivity index (χ1v) is 9.68. The molecular formula is C25H24N2O2. The Balaban J connectivity index is 1.90. The van der Waals surface area contributed by atoms with Crippen LogP contribution in [0.2, 0.25) is 0 Å². The summed E-state index contributed by atoms with van der Waals surface area (Å²) in [5.41, 5.74) is 2.40. The second-order valence-electron chi connectivity index (χ2n) is 7.93. The van der Waals surface area contributed by atoms with Crippen molar-refractivity contribution < 1.29 is 9.53 Å². The minimum absolute atomic E-state index is 0.428. The quantitative estimate of drug-likeness (QED) is 0.419. The van der Waals surface area contributed by atoms with Crippen LogP contribution in [0, 0.1) is 0 Å². The number of nitrogens with zero attached hydrogens (tertiary/aromatic N) is 2. The maximum absolute atomic E-state index is 13.4. The molecule has 29 heavy (non-hydrogen) atoms. The van der Waals surface area contributed by atoms with Gasteiger partial charge in [-0.3, -0.25) is 0 Å². The Morgan fingerprint density at radius 2 is 1.41 bits per heavy atom. The van der Waals surface area contributed by atoms with E-state index in [1.165, 1.54) is 0 Å². The van der Waals surface area contributed by atoms with Crippen molar-refractivity contribution in [2.75, 3.05) is 5.01 Å². The van der Waals surface area contributed by atoms with Gasteiger partial charge in [0.2, 0.25) is 0 Å². The van der Waals surface area contributed by atoms with Crippen LogP contribution in [0.15, 0.2) is 91.0 Å². The smallest absolute Gasteiger partial charge is 0.409 e. The summed E-state index contributed by atoms with van der Waals surface area (Å²) in [4.78, 5) is 13.4. The summed E-state index contributed by atoms with van der Waals surface area (Å²) in [7, 11) is 0. The van der Waals surface area contributed by atoms with Gasteiger partial charge < -0.3 is 4.74 Å². The summed E-state index contributed by atoms with van der Waals surface area (Å²) in [6, 6.07) is 29.4. The third kappa shape index (κ3) is 3.74. The molecule has 0 spiro atoms. The third-order valence-corrected chi connectivity index (χ3v) is 4.71. The van der Waals surface area contributed by atoms with Crippen molar-refractivity contribution in [2.24, 2.45) is 0 Å². The van der Waals surface area contributed by atoms with Crippen molar-refractivity contribution in [3.05, 3.63) is 91.0 Å². The van der Waals surface area contributed by atoms with Crippen LogP contribution in [0.1, 0.15) is 20.8 Å². The maximum Gasteiger partial charge on any atom is 0.435 e. The molecule has 0 unspecified atom stereocenters. The molecule has 1 heterocycles. The van der Waals surface area contributed by atoms with Crippen LogP contribution in [-0.4, -0.2) is 16.3 Å². The molecule has 1 aromatic heterocycles. The maximum atomic E-state index is 13.4. The number of fused-ring (bicyclic) bond motifs is 1. The molecule has 0 N–H and O–H groups in total. The van der Waals surface area contributed by atoms with E-state index in [4.69, 9.17) is 4.74 Å². The van der Waals surface area contributed by atoms with Crippen LogP contribution in [-0.2, 0) is 0 Å². The van der Waals surface area contributed by atoms with E-state index in [0.29, 0.717) is 5.75 Å². The zero-order chi connectivity index (χ0) is 20.4. The van der Waals surface area contributed by atoms with Gasteiger partial charge in [0.05, 0.1) is 16.7 Å². The van der Waals surface area contributed by atoms with Crippen LogP contribution in [0.5, 0.6) is 5.75 Å². The van der Waals surface area contributed by atoms with Crippen LogP contribution in [0.4, 0.5) is 4.79 Å². The zero-order valence-corrected chi connectivity index (χ0v) is 16.9. The lowest BCUT2D eigenvalue weighted by molar-refractivity contribution is 0.192. The van der Waals surface area contributed by atoms with Gasteiger partial charge in [-0.05, 0) is 45.0 Å². The number of carbonyl (C=O) groups excluding carboxylic acids is 1. The molecule has 4 rings (SSSR count). The van der Waals surface area contributed by atoms with Gasteiger partial charge in [0.25, 0.3) is 0 Å². The van der Waals surface area contributed by atoms with Crippen molar-refractivity contribution >= 4 is 17.0 Å². The van der Waals surface area contributed by atoms with E-state index in [2.05, 4.69) is 12.1 Å². The number of ether oxygens (including phenoxy) is 1. The van der Waals surface area contributed by atoms with Crippen LogP contribution in [0.3, 0.4) is 0 Å². The summed E-state index contributed by atoms with van der Waals surface area (Å²) in [5, 5.41) is 2.75. The van der Waals surface area contributed by atoms with E-state index < -0.39 is 11.6 Å². The SMILES string of the molecule is CC(C)(C)N(C(=O)Oc1ccccc1)n1c(-c2ccccc2)cc2ccccc21. The minimum Gasteiger partial charge on any atom is -0.409 e. The number of hydrogen-bond donors (Lipinski definition) is 0. The highest BCUT2D eigenvalue weighted by Gasteiger charge is 2.33. The van der Waals surface area contributed by atoms with Crippen molar-refractivity contribution in [3.8, 4) is 17.0 Å². The van der Waals surface area contributed by atoms with Gasteiger partial charge >= 0.3 is 6.09 Å². The fraction of sp³-hybridized carbons (Fsp3) is 0.160. The molecule has 0 radical (unpaired) electrons. The van der Waals surface area contributed by atoms with E-state index in [1.807, 2.05) is 92.2 Å². The molecule has 3 aromatic carbocycles. The number of hydrogen-bond acceptors (Lipinski definition) is 2. The van der Waals surface area contributed by atoms with Gasteiger partial charge in [-0.25, -0.2) is 14.5 Å². The van der Waals surface area contributed by atoms with Gasteiger partial charge in [0.15, 0.2) is 0 Å². The predicted octanol–water partition coefficient (Wildman–Crippen LogP) is 6.24. The lowest BCUT2D eigenvalue weighted by Gasteiger charge is -2.36. The Bertz CT molecular complexity index is 1130. The Hall–Kier alpha value is -3.53. The third-order valence-electron chi connectivity index (χ3n) is 4.71. The summed E-state index contributed by atoms with van der Waals surface area (Å²) in [6.07, 6.45) is -0.428. The molecule has 0 atom stereocenters. The second-order valence-corrected chi connectivity index (χ2v) is 7.93. The van der Waals surface area contributed by atoms with E-state index in [-0.39, 0.29) is 0 Å². The Morgan fingerprint density at radius 3 is 2.07 bits per heavy atom. The first-order valence-electron chi connectivity index (χ1n) is 9.68. The molecule has 0 aliphatic carbocycles. The molecule has 0 aliphatic heterocycles. The lowest BCUT2D eigenvalue weighted by Crippen LogP contribution is -2.54. The molecule has 0 saturated carbocycles. The highest BCUT2D eigenvalue weighted by atomic mass is 16.6. The van der Waals surface area contributed by atoms with Crippen molar-refractivity contribution in [1.29, 1.82) is 0 Å². The van der Waals surface area contributed by atoms with Gasteiger partial charge in [-0.15, -0.1) is 0 Å². The predicted molar refractivity (Wildman–Crippen MR) is 118 cm³/mol. The van der Waals surface area contributed by atoms with E-state index in [0.717, 1.165) is 22.2 Å². The van der Waals surface area contributed by atoms with Crippen LogP contribution < -0.4 is 9.75 Å². The van der Waals surface area contributed by atoms with E-state index >= 15 is 0 Å². The first kappa shape index (κ1) is 18.8. The van der Waals surface area contributed by atoms with Gasteiger partial charge in [-0.1, -0.05) is 66.7 Å². The minimum atomic E-state index is -0.517. The van der Waals surface area contributed by atoms with Gasteiger partial charge in [0.1, 0.15) is 5.75 Å². The van der Waals surface area contributed by atoms with E-state index in [1.54, 1.807) is 17.1 Å². The highest BCUT2D eigenvalue weighted by molar-refractivity contribution is 5.92. The van der Waals surface area contributed by atoms with Crippen molar-refractivity contribution in [1.82, 2.24) is 4.68 Å². The highest BCUT2D eigenvalue weighted by Crippen LogP contribution is 2.31. The van der Waals surface area contributed by atoms with Gasteiger partial charge in [0, 0.05) is 10.9 Å². The fourth-order valence-electron chi connectivity index (χ4n) is 3.46. The number of carbonyl (C=O) groups is 1. The fourth-order valence-corrected chi connectivity index (χ4v) is 3.46. The molecule has 4 aromatic rings. The Morgan fingerprint density at radius 1 is 0.828 bits per heavy atom. The molecule has 4 heteroatoms. The lowest BCUT2D eigenvalue weighted by atomic mass is 10.1. The topological polar surface area (TPSA) is 34.5 Å². The molecular weight excluding hydrogens is 360 g/mol. The standard InChI is InChI=1S/C25H24N2O2/c1-25(2,3)27(24(28)29-21-15-8-5-9-16-21)26-22-17-11-10-14-20(22)18-23(26)19-12-6-4-7-13-19/h4-18H,1-3H3. The van der Waals surface area contributed by atoms with Crippen molar-refractivity contribution in [3.63, 3.8) is 0 Å². The van der Waals surface area contributed by atoms with Crippen molar-refractivity contribution in [2.45, 2.75) is 26.3 Å². The molecule has 1 amide bonds. The van der Waals surface area contributed by atoms with Gasteiger partial charge in [-0.2, -0.15) is 0 Å². The molecule has 0 bridgehead atoms. The molecule has 0 aliphatic rings. The normalized spacial score (nSPS) is 11.4. The average molecular weight is 384 g/mol. The van der Waals surface area contributed by atoms with E-state index in [9.17, 15) is 4.79 Å². The Labute approximate surface area is 170 Å². The summed E-state index contributed by atoms with van der Waals surface area (Å²) < 4.78 is 7.70. The van der Waals surface area contributed by atoms with Crippen LogP contribution >= 0.6 is 0 Å².